The molecule has 0 spiro atoms. The Bertz CT molecular complexity index is 367. The minimum atomic E-state index is -1.36. The van der Waals surface area contributed by atoms with Crippen LogP contribution in [0.5, 0.6) is 0 Å². The summed E-state index contributed by atoms with van der Waals surface area (Å²) in [4.78, 5) is 0. The van der Waals surface area contributed by atoms with Gasteiger partial charge in [0.05, 0.1) is 0 Å². The van der Waals surface area contributed by atoms with E-state index in [4.69, 9.17) is 8.85 Å². The van der Waals surface area contributed by atoms with Gasteiger partial charge in [-0.15, -0.1) is 0 Å². The fraction of sp³-hybridized carbons (Fsp3) is 0.647. The predicted octanol–water partition coefficient (Wildman–Crippen LogP) is 3.82. The van der Waals surface area contributed by atoms with Crippen LogP contribution in [-0.4, -0.2) is 22.5 Å². The van der Waals surface area contributed by atoms with E-state index >= 15 is 0 Å². The smallest absolute Gasteiger partial charge is 0.390 e. The molecule has 2 unspecified atom stereocenters. The zero-order valence-corrected chi connectivity index (χ0v) is 14.6. The molecule has 20 heavy (non-hydrogen) atoms. The molecular weight excluding hydrogens is 264 g/mol. The monoisotopic (exact) mass is 293 g/mol. The number of benzene rings is 1. The van der Waals surface area contributed by atoms with Gasteiger partial charge in [0.1, 0.15) is 0 Å². The van der Waals surface area contributed by atoms with Crippen LogP contribution in [0.2, 0.25) is 0 Å². The van der Waals surface area contributed by atoms with E-state index in [2.05, 4.69) is 58.9 Å². The van der Waals surface area contributed by atoms with Crippen LogP contribution < -0.4 is 5.19 Å². The molecule has 0 saturated heterocycles. The molecular formula is C17H29O2Si. The molecule has 0 N–H and O–H groups in total. The van der Waals surface area contributed by atoms with Crippen LogP contribution in [-0.2, 0) is 8.85 Å². The third-order valence-corrected chi connectivity index (χ3v) is 5.62. The molecule has 0 aromatic heterocycles. The van der Waals surface area contributed by atoms with E-state index in [0.717, 1.165) is 26.1 Å². The molecule has 0 amide bonds. The summed E-state index contributed by atoms with van der Waals surface area (Å²) >= 11 is 0. The first-order valence-electron chi connectivity index (χ1n) is 7.76. The fourth-order valence-corrected chi connectivity index (χ4v) is 3.57. The highest BCUT2D eigenvalue weighted by molar-refractivity contribution is 6.61. The van der Waals surface area contributed by atoms with Crippen LogP contribution in [0.25, 0.3) is 0 Å². The van der Waals surface area contributed by atoms with Crippen molar-refractivity contribution in [2.45, 2.75) is 47.5 Å². The zero-order valence-electron chi connectivity index (χ0n) is 13.6. The maximum Gasteiger partial charge on any atom is 0.423 e. The van der Waals surface area contributed by atoms with E-state index in [9.17, 15) is 0 Å². The summed E-state index contributed by atoms with van der Waals surface area (Å²) in [7, 11) is -1.36. The van der Waals surface area contributed by atoms with Gasteiger partial charge in [-0.2, -0.15) is 0 Å². The molecule has 0 fully saturated rings. The summed E-state index contributed by atoms with van der Waals surface area (Å²) in [6.07, 6.45) is 2.29. The topological polar surface area (TPSA) is 18.5 Å². The van der Waals surface area contributed by atoms with E-state index in [-0.39, 0.29) is 0 Å². The maximum atomic E-state index is 6.14. The van der Waals surface area contributed by atoms with Crippen LogP contribution in [0, 0.1) is 18.8 Å². The standard InChI is InChI=1S/C17H29O2Si/c1-6-14(3)12-18-20(19-13-15(4)7-2)17-11-9-8-10-16(17)5/h8-11,14-15H,6-7,12-13H2,1-5H3. The average molecular weight is 294 g/mol. The fourth-order valence-electron chi connectivity index (χ4n) is 1.67. The van der Waals surface area contributed by atoms with Crippen LogP contribution >= 0.6 is 0 Å². The minimum Gasteiger partial charge on any atom is -0.390 e. The van der Waals surface area contributed by atoms with Crippen molar-refractivity contribution in [2.75, 3.05) is 13.2 Å². The van der Waals surface area contributed by atoms with Crippen LogP contribution in [0.15, 0.2) is 24.3 Å². The first kappa shape index (κ1) is 17.4. The highest BCUT2D eigenvalue weighted by Gasteiger charge is 2.22. The van der Waals surface area contributed by atoms with E-state index in [1.54, 1.807) is 0 Å². The van der Waals surface area contributed by atoms with E-state index in [0.29, 0.717) is 11.8 Å². The second kappa shape index (κ2) is 9.32. The molecule has 3 heteroatoms. The normalized spacial score (nSPS) is 14.5. The average Bonchev–Trinajstić information content (AvgIpc) is 2.47. The van der Waals surface area contributed by atoms with Crippen LogP contribution in [0.1, 0.15) is 46.1 Å². The lowest BCUT2D eigenvalue weighted by Crippen LogP contribution is -2.40. The number of aryl methyl sites for hydroxylation is 1. The molecule has 1 rings (SSSR count). The Morgan fingerprint density at radius 1 is 0.950 bits per heavy atom. The number of hydrogen-bond donors (Lipinski definition) is 0. The van der Waals surface area contributed by atoms with Gasteiger partial charge >= 0.3 is 9.28 Å². The summed E-state index contributed by atoms with van der Waals surface area (Å²) in [6, 6.07) is 8.43. The van der Waals surface area contributed by atoms with Crippen molar-refractivity contribution in [3.05, 3.63) is 29.8 Å². The molecule has 0 aliphatic heterocycles. The number of hydrogen-bond acceptors (Lipinski definition) is 2. The second-order valence-electron chi connectivity index (χ2n) is 5.75. The van der Waals surface area contributed by atoms with Gasteiger partial charge in [-0.3, -0.25) is 0 Å². The minimum absolute atomic E-state index is 0.589. The maximum absolute atomic E-state index is 6.14. The van der Waals surface area contributed by atoms with E-state index in [1.807, 2.05) is 0 Å². The molecule has 2 atom stereocenters. The van der Waals surface area contributed by atoms with Gasteiger partial charge in [-0.1, -0.05) is 64.8 Å². The lowest BCUT2D eigenvalue weighted by Gasteiger charge is -2.20. The van der Waals surface area contributed by atoms with Gasteiger partial charge in [0.2, 0.25) is 0 Å². The highest BCUT2D eigenvalue weighted by Crippen LogP contribution is 2.08. The summed E-state index contributed by atoms with van der Waals surface area (Å²) in [6.45, 7) is 12.6. The van der Waals surface area contributed by atoms with E-state index < -0.39 is 9.28 Å². The molecule has 0 aliphatic rings. The third kappa shape index (κ3) is 5.78. The van der Waals surface area contributed by atoms with Gasteiger partial charge in [0.15, 0.2) is 0 Å². The highest BCUT2D eigenvalue weighted by atomic mass is 28.3. The largest absolute Gasteiger partial charge is 0.423 e. The van der Waals surface area contributed by atoms with Crippen molar-refractivity contribution in [3.63, 3.8) is 0 Å². The van der Waals surface area contributed by atoms with Crippen LogP contribution in [0.3, 0.4) is 0 Å². The molecule has 0 heterocycles. The Balaban J connectivity index is 2.70. The van der Waals surface area contributed by atoms with Crippen molar-refractivity contribution >= 4 is 14.5 Å². The Kier molecular flexibility index (Phi) is 8.11. The summed E-state index contributed by atoms with van der Waals surface area (Å²) in [5, 5.41) is 1.25. The Morgan fingerprint density at radius 3 is 1.90 bits per heavy atom. The predicted molar refractivity (Wildman–Crippen MR) is 87.4 cm³/mol. The third-order valence-electron chi connectivity index (χ3n) is 3.76. The lowest BCUT2D eigenvalue weighted by molar-refractivity contribution is 0.163. The summed E-state index contributed by atoms with van der Waals surface area (Å²) < 4.78 is 12.3. The molecule has 0 aliphatic carbocycles. The molecule has 0 bridgehead atoms. The quantitative estimate of drug-likeness (QED) is 0.645. The van der Waals surface area contributed by atoms with Gasteiger partial charge in [0.25, 0.3) is 0 Å². The first-order chi connectivity index (χ1) is 9.58. The van der Waals surface area contributed by atoms with E-state index in [1.165, 1.54) is 10.8 Å². The first-order valence-corrected chi connectivity index (χ1v) is 9.08. The van der Waals surface area contributed by atoms with Gasteiger partial charge < -0.3 is 8.85 Å². The Labute approximate surface area is 126 Å². The lowest BCUT2D eigenvalue weighted by atomic mass is 10.1. The molecule has 2 nitrogen and oxygen atoms in total. The van der Waals surface area contributed by atoms with Gasteiger partial charge in [-0.05, 0) is 29.5 Å². The Hall–Kier alpha value is -0.643. The molecule has 1 radical (unpaired) electrons. The molecule has 1 aromatic rings. The molecule has 1 aromatic carbocycles. The molecule has 0 saturated carbocycles. The Morgan fingerprint density at radius 2 is 1.45 bits per heavy atom. The van der Waals surface area contributed by atoms with Crippen molar-refractivity contribution in [1.82, 2.24) is 0 Å². The summed E-state index contributed by atoms with van der Waals surface area (Å²) in [5.74, 6) is 1.18. The summed E-state index contributed by atoms with van der Waals surface area (Å²) in [5.41, 5.74) is 1.27. The van der Waals surface area contributed by atoms with Crippen molar-refractivity contribution in [1.29, 1.82) is 0 Å². The van der Waals surface area contributed by atoms with Crippen molar-refractivity contribution < 1.29 is 8.85 Å². The zero-order chi connectivity index (χ0) is 15.0. The second-order valence-corrected chi connectivity index (χ2v) is 7.44. The van der Waals surface area contributed by atoms with Crippen molar-refractivity contribution in [3.8, 4) is 0 Å². The molecule has 113 valence electrons. The van der Waals surface area contributed by atoms with Crippen LogP contribution in [0.4, 0.5) is 0 Å². The SMILES string of the molecule is CCC(C)CO[Si](OCC(C)CC)c1ccccc1C. The van der Waals surface area contributed by atoms with Crippen molar-refractivity contribution in [2.24, 2.45) is 11.8 Å². The van der Waals surface area contributed by atoms with Gasteiger partial charge in [0, 0.05) is 13.2 Å². The van der Waals surface area contributed by atoms with Gasteiger partial charge in [-0.25, -0.2) is 0 Å². The number of rotatable bonds is 9.